The highest BCUT2D eigenvalue weighted by molar-refractivity contribution is 7.99. The molecule has 1 aliphatic carbocycles. The monoisotopic (exact) mass is 367 g/mol. The Morgan fingerprint density at radius 1 is 1.08 bits per heavy atom. The minimum absolute atomic E-state index is 0.615. The number of aryl methyl sites for hydroxylation is 1. The summed E-state index contributed by atoms with van der Waals surface area (Å²) in [5.41, 5.74) is 1.99. The van der Waals surface area contributed by atoms with Gasteiger partial charge in [0, 0.05) is 18.0 Å². The second kappa shape index (κ2) is 7.59. The molecule has 0 radical (unpaired) electrons. The summed E-state index contributed by atoms with van der Waals surface area (Å²) in [6.07, 6.45) is 11.9. The molecule has 4 heteroatoms. The molecule has 1 aromatic carbocycles. The van der Waals surface area contributed by atoms with Crippen molar-refractivity contribution in [2.24, 2.45) is 11.3 Å². The van der Waals surface area contributed by atoms with Crippen LogP contribution in [-0.2, 0) is 6.42 Å². The van der Waals surface area contributed by atoms with Crippen LogP contribution in [0.25, 0.3) is 0 Å². The van der Waals surface area contributed by atoms with E-state index in [4.69, 9.17) is 4.98 Å². The van der Waals surface area contributed by atoms with Gasteiger partial charge in [0.2, 0.25) is 0 Å². The summed E-state index contributed by atoms with van der Waals surface area (Å²) in [6, 6.07) is 8.73. The molecule has 1 saturated heterocycles. The van der Waals surface area contributed by atoms with Crippen molar-refractivity contribution >= 4 is 17.6 Å². The normalized spacial score (nSPS) is 22.1. The molecule has 0 N–H and O–H groups in total. The molecule has 2 aliphatic rings. The number of hydrogen-bond donors (Lipinski definition) is 0. The van der Waals surface area contributed by atoms with Gasteiger partial charge >= 0.3 is 0 Å². The van der Waals surface area contributed by atoms with Crippen LogP contribution in [0.3, 0.4) is 0 Å². The summed E-state index contributed by atoms with van der Waals surface area (Å²) >= 11 is 1.69. The van der Waals surface area contributed by atoms with E-state index in [2.05, 4.69) is 48.0 Å². The zero-order chi connectivity index (χ0) is 18.0. The second-order valence-corrected chi connectivity index (χ2v) is 9.05. The Labute approximate surface area is 161 Å². The fourth-order valence-corrected chi connectivity index (χ4v) is 5.40. The Morgan fingerprint density at radius 3 is 2.42 bits per heavy atom. The van der Waals surface area contributed by atoms with Crippen LogP contribution in [0.15, 0.2) is 46.6 Å². The topological polar surface area (TPSA) is 29.0 Å². The number of hydrogen-bond acceptors (Lipinski definition) is 4. The molecule has 1 saturated carbocycles. The van der Waals surface area contributed by atoms with Gasteiger partial charge in [-0.1, -0.05) is 50.6 Å². The summed E-state index contributed by atoms with van der Waals surface area (Å²) < 4.78 is 0. The van der Waals surface area contributed by atoms with E-state index in [0.717, 1.165) is 36.3 Å². The van der Waals surface area contributed by atoms with Crippen LogP contribution in [0.2, 0.25) is 0 Å². The number of rotatable bonds is 4. The smallest absolute Gasteiger partial charge is 0.147 e. The van der Waals surface area contributed by atoms with Crippen LogP contribution in [-0.4, -0.2) is 23.1 Å². The van der Waals surface area contributed by atoms with E-state index in [-0.39, 0.29) is 0 Å². The Morgan fingerprint density at radius 2 is 1.85 bits per heavy atom. The minimum atomic E-state index is 0.615. The maximum Gasteiger partial charge on any atom is 0.147 e. The first-order chi connectivity index (χ1) is 12.7. The number of piperidine rings is 1. The standard InChI is InChI=1S/C22H29N3S/c1-3-18-6-8-19(9-7-18)26-21-16-23-20(15-24-21)25-13-11-22(12-14-25)10-4-5-17(22)2/h6-9,15-17H,3-5,10-14H2,1-2H3/t17-/m0/s1. The van der Waals surface area contributed by atoms with Gasteiger partial charge in [-0.3, -0.25) is 0 Å². The molecule has 0 amide bonds. The first-order valence-electron chi connectivity index (χ1n) is 10.0. The van der Waals surface area contributed by atoms with Crippen molar-refractivity contribution in [2.45, 2.75) is 62.3 Å². The fraction of sp³-hybridized carbons (Fsp3) is 0.545. The van der Waals surface area contributed by atoms with E-state index in [1.165, 1.54) is 42.6 Å². The molecule has 1 spiro atoms. The van der Waals surface area contributed by atoms with Crippen molar-refractivity contribution in [3.63, 3.8) is 0 Å². The maximum absolute atomic E-state index is 4.71. The summed E-state index contributed by atoms with van der Waals surface area (Å²) in [4.78, 5) is 13.0. The average Bonchev–Trinajstić information content (AvgIpc) is 3.04. The van der Waals surface area contributed by atoms with Crippen LogP contribution in [0.5, 0.6) is 0 Å². The molecule has 0 bridgehead atoms. The second-order valence-electron chi connectivity index (χ2n) is 7.96. The predicted octanol–water partition coefficient (Wildman–Crippen LogP) is 5.60. The quantitative estimate of drug-likeness (QED) is 0.704. The molecular weight excluding hydrogens is 338 g/mol. The van der Waals surface area contributed by atoms with E-state index in [1.54, 1.807) is 11.8 Å². The van der Waals surface area contributed by atoms with Gasteiger partial charge in [-0.25, -0.2) is 9.97 Å². The molecule has 2 heterocycles. The minimum Gasteiger partial charge on any atom is -0.355 e. The molecule has 0 unspecified atom stereocenters. The van der Waals surface area contributed by atoms with Gasteiger partial charge in [0.1, 0.15) is 10.8 Å². The molecule has 1 aromatic heterocycles. The Balaban J connectivity index is 1.37. The highest BCUT2D eigenvalue weighted by Gasteiger charge is 2.42. The summed E-state index contributed by atoms with van der Waals surface area (Å²) in [5, 5.41) is 0.968. The van der Waals surface area contributed by atoms with Gasteiger partial charge in [0.15, 0.2) is 0 Å². The third-order valence-electron chi connectivity index (χ3n) is 6.61. The van der Waals surface area contributed by atoms with E-state index in [1.807, 2.05) is 12.4 Å². The molecule has 1 atom stereocenters. The van der Waals surface area contributed by atoms with Gasteiger partial charge in [0.25, 0.3) is 0 Å². The zero-order valence-corrected chi connectivity index (χ0v) is 16.8. The summed E-state index contributed by atoms with van der Waals surface area (Å²) in [7, 11) is 0. The first-order valence-corrected chi connectivity index (χ1v) is 10.8. The SMILES string of the molecule is CCc1ccc(Sc2cnc(N3CCC4(CCC[C@@H]4C)CC3)cn2)cc1. The highest BCUT2D eigenvalue weighted by atomic mass is 32.2. The third-order valence-corrected chi connectivity index (χ3v) is 7.54. The van der Waals surface area contributed by atoms with Gasteiger partial charge in [0.05, 0.1) is 12.4 Å². The molecular formula is C22H29N3S. The lowest BCUT2D eigenvalue weighted by molar-refractivity contribution is 0.161. The van der Waals surface area contributed by atoms with Crippen LogP contribution in [0, 0.1) is 11.3 Å². The molecule has 138 valence electrons. The lowest BCUT2D eigenvalue weighted by Crippen LogP contribution is -2.41. The van der Waals surface area contributed by atoms with Crippen molar-refractivity contribution in [1.82, 2.24) is 9.97 Å². The van der Waals surface area contributed by atoms with E-state index in [9.17, 15) is 0 Å². The van der Waals surface area contributed by atoms with Gasteiger partial charge in [-0.05, 0) is 54.7 Å². The van der Waals surface area contributed by atoms with Gasteiger partial charge in [-0.15, -0.1) is 0 Å². The average molecular weight is 368 g/mol. The Bertz CT molecular complexity index is 718. The number of aromatic nitrogens is 2. The molecule has 4 rings (SSSR count). The van der Waals surface area contributed by atoms with Gasteiger partial charge < -0.3 is 4.90 Å². The first kappa shape index (κ1) is 17.8. The molecule has 26 heavy (non-hydrogen) atoms. The number of benzene rings is 1. The van der Waals surface area contributed by atoms with Crippen molar-refractivity contribution in [3.05, 3.63) is 42.2 Å². The van der Waals surface area contributed by atoms with E-state index < -0.39 is 0 Å². The van der Waals surface area contributed by atoms with E-state index >= 15 is 0 Å². The van der Waals surface area contributed by atoms with Crippen LogP contribution >= 0.6 is 11.8 Å². The number of nitrogens with zero attached hydrogens (tertiary/aromatic N) is 3. The van der Waals surface area contributed by atoms with Crippen molar-refractivity contribution in [3.8, 4) is 0 Å². The Hall–Kier alpha value is -1.55. The summed E-state index contributed by atoms with van der Waals surface area (Å²) in [6.45, 7) is 6.90. The van der Waals surface area contributed by atoms with Crippen molar-refractivity contribution < 1.29 is 0 Å². The van der Waals surface area contributed by atoms with Crippen LogP contribution in [0.1, 0.15) is 51.5 Å². The molecule has 2 fully saturated rings. The summed E-state index contributed by atoms with van der Waals surface area (Å²) in [5.74, 6) is 1.93. The van der Waals surface area contributed by atoms with Crippen molar-refractivity contribution in [1.29, 1.82) is 0 Å². The lowest BCUT2D eigenvalue weighted by Gasteiger charge is -2.42. The fourth-order valence-electron chi connectivity index (χ4n) is 4.68. The molecule has 1 aliphatic heterocycles. The van der Waals surface area contributed by atoms with E-state index in [0.29, 0.717) is 5.41 Å². The molecule has 3 nitrogen and oxygen atoms in total. The molecule has 2 aromatic rings. The number of anilines is 1. The third kappa shape index (κ3) is 3.62. The maximum atomic E-state index is 4.71. The highest BCUT2D eigenvalue weighted by Crippen LogP contribution is 2.50. The van der Waals surface area contributed by atoms with Gasteiger partial charge in [-0.2, -0.15) is 0 Å². The van der Waals surface area contributed by atoms with Crippen molar-refractivity contribution in [2.75, 3.05) is 18.0 Å². The lowest BCUT2D eigenvalue weighted by atomic mass is 9.71. The zero-order valence-electron chi connectivity index (χ0n) is 15.9. The Kier molecular flexibility index (Phi) is 5.21. The predicted molar refractivity (Wildman–Crippen MR) is 109 cm³/mol. The largest absolute Gasteiger partial charge is 0.355 e. The van der Waals surface area contributed by atoms with Crippen LogP contribution in [0.4, 0.5) is 5.82 Å². The van der Waals surface area contributed by atoms with Crippen LogP contribution < -0.4 is 4.90 Å².